The van der Waals surface area contributed by atoms with Gasteiger partial charge in [-0.1, -0.05) is 12.2 Å². The third-order valence-electron chi connectivity index (χ3n) is 2.41. The van der Waals surface area contributed by atoms with Crippen LogP contribution in [0, 0.1) is 12.8 Å². The summed E-state index contributed by atoms with van der Waals surface area (Å²) in [4.78, 5) is 15.5. The Morgan fingerprint density at radius 2 is 2.60 bits per heavy atom. The number of aryl methyl sites for hydroxylation is 1. The second-order valence-electron chi connectivity index (χ2n) is 3.76. The van der Waals surface area contributed by atoms with Gasteiger partial charge in [-0.15, -0.1) is 5.10 Å². The first kappa shape index (κ1) is 9.89. The maximum absolute atomic E-state index is 11.5. The number of allylic oxidation sites excluding steroid dienone is 2. The van der Waals surface area contributed by atoms with Crippen molar-refractivity contribution in [1.82, 2.24) is 15.2 Å². The van der Waals surface area contributed by atoms with Crippen LogP contribution < -0.4 is 5.32 Å². The van der Waals surface area contributed by atoms with E-state index >= 15 is 0 Å². The number of carbonyl (C=O) groups is 1. The quantitative estimate of drug-likeness (QED) is 0.734. The number of aromatic nitrogens is 3. The van der Waals surface area contributed by atoms with Gasteiger partial charge in [-0.05, 0) is 25.7 Å². The Morgan fingerprint density at radius 1 is 1.73 bits per heavy atom. The Bertz CT molecular complexity index is 383. The van der Waals surface area contributed by atoms with Crippen LogP contribution in [-0.2, 0) is 4.79 Å². The van der Waals surface area contributed by atoms with E-state index in [1.807, 2.05) is 0 Å². The molecule has 0 radical (unpaired) electrons. The molecule has 1 heterocycles. The lowest BCUT2D eigenvalue weighted by Gasteiger charge is -2.05. The van der Waals surface area contributed by atoms with Gasteiger partial charge in [-0.3, -0.25) is 15.2 Å². The molecule has 0 saturated carbocycles. The van der Waals surface area contributed by atoms with E-state index < -0.39 is 0 Å². The van der Waals surface area contributed by atoms with E-state index in [2.05, 4.69) is 32.7 Å². The Hall–Kier alpha value is -1.65. The van der Waals surface area contributed by atoms with Gasteiger partial charge < -0.3 is 0 Å². The molecule has 2 N–H and O–H groups in total. The Labute approximate surface area is 88.0 Å². The number of amides is 1. The molecule has 1 amide bonds. The number of rotatable bonds is 3. The molecule has 15 heavy (non-hydrogen) atoms. The molecule has 0 spiro atoms. The number of hydrogen-bond donors (Lipinski definition) is 2. The van der Waals surface area contributed by atoms with Crippen LogP contribution in [0.15, 0.2) is 12.2 Å². The SMILES string of the molecule is Cc1nc(NC(=O)CC2C=CCC2)n[nH]1. The van der Waals surface area contributed by atoms with Crippen molar-refractivity contribution in [2.24, 2.45) is 5.92 Å². The summed E-state index contributed by atoms with van der Waals surface area (Å²) >= 11 is 0. The fraction of sp³-hybridized carbons (Fsp3) is 0.500. The van der Waals surface area contributed by atoms with Crippen LogP contribution in [0.5, 0.6) is 0 Å². The minimum atomic E-state index is -0.0226. The van der Waals surface area contributed by atoms with E-state index in [1.165, 1.54) is 0 Å². The standard InChI is InChI=1S/C10H14N4O/c1-7-11-10(14-13-7)12-9(15)6-8-4-2-3-5-8/h2,4,8H,3,5-6H2,1H3,(H2,11,12,13,14,15). The lowest BCUT2D eigenvalue weighted by molar-refractivity contribution is -0.116. The molecule has 0 saturated heterocycles. The van der Waals surface area contributed by atoms with Crippen molar-refractivity contribution in [3.05, 3.63) is 18.0 Å². The van der Waals surface area contributed by atoms with Crippen molar-refractivity contribution in [3.63, 3.8) is 0 Å². The highest BCUT2D eigenvalue weighted by Gasteiger charge is 2.14. The Morgan fingerprint density at radius 3 is 3.20 bits per heavy atom. The molecule has 1 unspecified atom stereocenters. The van der Waals surface area contributed by atoms with E-state index in [0.717, 1.165) is 12.8 Å². The predicted octanol–water partition coefficient (Wildman–Crippen LogP) is 1.41. The fourth-order valence-corrected chi connectivity index (χ4v) is 1.68. The molecule has 0 aromatic carbocycles. The van der Waals surface area contributed by atoms with Gasteiger partial charge in [0.15, 0.2) is 0 Å². The molecule has 1 aliphatic rings. The van der Waals surface area contributed by atoms with Crippen LogP contribution in [0.2, 0.25) is 0 Å². The predicted molar refractivity (Wildman–Crippen MR) is 56.2 cm³/mol. The summed E-state index contributed by atoms with van der Waals surface area (Å²) in [6.45, 7) is 1.79. The average Bonchev–Trinajstić information content (AvgIpc) is 2.77. The Kier molecular flexibility index (Phi) is 2.80. The molecule has 1 aliphatic carbocycles. The maximum atomic E-state index is 11.5. The topological polar surface area (TPSA) is 70.7 Å². The van der Waals surface area contributed by atoms with Crippen LogP contribution in [0.1, 0.15) is 25.1 Å². The molecule has 2 rings (SSSR count). The first-order chi connectivity index (χ1) is 7.24. The van der Waals surface area contributed by atoms with Crippen molar-refractivity contribution in [1.29, 1.82) is 0 Å². The largest absolute Gasteiger partial charge is 0.293 e. The minimum absolute atomic E-state index is 0.0226. The van der Waals surface area contributed by atoms with Crippen molar-refractivity contribution in [2.75, 3.05) is 5.32 Å². The smallest absolute Gasteiger partial charge is 0.248 e. The van der Waals surface area contributed by atoms with E-state index in [9.17, 15) is 4.79 Å². The molecule has 1 aromatic heterocycles. The maximum Gasteiger partial charge on any atom is 0.248 e. The summed E-state index contributed by atoms with van der Waals surface area (Å²) in [6, 6.07) is 0. The number of hydrogen-bond acceptors (Lipinski definition) is 3. The van der Waals surface area contributed by atoms with Crippen LogP contribution in [-0.4, -0.2) is 21.1 Å². The van der Waals surface area contributed by atoms with Crippen molar-refractivity contribution in [2.45, 2.75) is 26.2 Å². The fourth-order valence-electron chi connectivity index (χ4n) is 1.68. The van der Waals surface area contributed by atoms with Crippen LogP contribution in [0.3, 0.4) is 0 Å². The summed E-state index contributed by atoms with van der Waals surface area (Å²) in [5.74, 6) is 1.42. The lowest BCUT2D eigenvalue weighted by Crippen LogP contribution is -2.15. The van der Waals surface area contributed by atoms with E-state index in [4.69, 9.17) is 0 Å². The van der Waals surface area contributed by atoms with Gasteiger partial charge >= 0.3 is 0 Å². The molecule has 0 aliphatic heterocycles. The Balaban J connectivity index is 1.84. The number of nitrogens with zero attached hydrogens (tertiary/aromatic N) is 2. The molecule has 0 fully saturated rings. The minimum Gasteiger partial charge on any atom is -0.293 e. The third kappa shape index (κ3) is 2.65. The van der Waals surface area contributed by atoms with E-state index in [0.29, 0.717) is 24.1 Å². The van der Waals surface area contributed by atoms with Gasteiger partial charge in [-0.25, -0.2) is 0 Å². The summed E-state index contributed by atoms with van der Waals surface area (Å²) in [6.07, 6.45) is 6.89. The van der Waals surface area contributed by atoms with Crippen LogP contribution in [0.25, 0.3) is 0 Å². The van der Waals surface area contributed by atoms with Crippen molar-refractivity contribution < 1.29 is 4.79 Å². The first-order valence-corrected chi connectivity index (χ1v) is 5.09. The molecule has 1 atom stereocenters. The highest BCUT2D eigenvalue weighted by atomic mass is 16.1. The summed E-state index contributed by atoms with van der Waals surface area (Å²) in [5, 5.41) is 9.19. The summed E-state index contributed by atoms with van der Waals surface area (Å²) in [5.41, 5.74) is 0. The number of aromatic amines is 1. The highest BCUT2D eigenvalue weighted by Crippen LogP contribution is 2.20. The van der Waals surface area contributed by atoms with Crippen molar-refractivity contribution in [3.8, 4) is 0 Å². The van der Waals surface area contributed by atoms with Gasteiger partial charge in [0, 0.05) is 6.42 Å². The number of carbonyl (C=O) groups excluding carboxylic acids is 1. The average molecular weight is 206 g/mol. The number of nitrogens with one attached hydrogen (secondary N) is 2. The highest BCUT2D eigenvalue weighted by molar-refractivity contribution is 5.89. The van der Waals surface area contributed by atoms with Gasteiger partial charge in [0.05, 0.1) is 0 Å². The second-order valence-corrected chi connectivity index (χ2v) is 3.76. The van der Waals surface area contributed by atoms with Gasteiger partial charge in [0.25, 0.3) is 0 Å². The third-order valence-corrected chi connectivity index (χ3v) is 2.41. The second kappa shape index (κ2) is 4.25. The molecule has 0 bridgehead atoms. The van der Waals surface area contributed by atoms with Crippen molar-refractivity contribution >= 4 is 11.9 Å². The molecule has 5 nitrogen and oxygen atoms in total. The van der Waals surface area contributed by atoms with E-state index in [1.54, 1.807) is 6.92 Å². The van der Waals surface area contributed by atoms with Crippen LogP contribution in [0.4, 0.5) is 5.95 Å². The normalized spacial score (nSPS) is 19.4. The van der Waals surface area contributed by atoms with Crippen LogP contribution >= 0.6 is 0 Å². The number of anilines is 1. The van der Waals surface area contributed by atoms with Gasteiger partial charge in [0.2, 0.25) is 11.9 Å². The zero-order valence-corrected chi connectivity index (χ0v) is 8.66. The molecule has 5 heteroatoms. The molecule has 80 valence electrons. The summed E-state index contributed by atoms with van der Waals surface area (Å²) in [7, 11) is 0. The zero-order valence-electron chi connectivity index (χ0n) is 8.66. The first-order valence-electron chi connectivity index (χ1n) is 5.09. The monoisotopic (exact) mass is 206 g/mol. The molecular weight excluding hydrogens is 192 g/mol. The van der Waals surface area contributed by atoms with Gasteiger partial charge in [-0.2, -0.15) is 4.98 Å². The molecule has 1 aromatic rings. The summed E-state index contributed by atoms with van der Waals surface area (Å²) < 4.78 is 0. The van der Waals surface area contributed by atoms with E-state index in [-0.39, 0.29) is 5.91 Å². The molecular formula is C10H14N4O. The number of H-pyrrole nitrogens is 1. The lowest BCUT2D eigenvalue weighted by atomic mass is 10.1. The van der Waals surface area contributed by atoms with Gasteiger partial charge in [0.1, 0.15) is 5.82 Å². The zero-order chi connectivity index (χ0) is 10.7.